The lowest BCUT2D eigenvalue weighted by atomic mass is 10.7. The molecule has 0 rings (SSSR count). The van der Waals surface area contributed by atoms with Gasteiger partial charge in [0.25, 0.3) is 0 Å². The average molecular weight is 198 g/mol. The molecule has 0 saturated heterocycles. The van der Waals surface area contributed by atoms with Crippen LogP contribution in [0.4, 0.5) is 0 Å². The van der Waals surface area contributed by atoms with Crippen molar-refractivity contribution in [2.24, 2.45) is 0 Å². The van der Waals surface area contributed by atoms with E-state index in [2.05, 4.69) is 19.7 Å². The summed E-state index contributed by atoms with van der Waals surface area (Å²) in [4.78, 5) is 9.43. The summed E-state index contributed by atoms with van der Waals surface area (Å²) in [6.07, 6.45) is 5.80. The minimum Gasteiger partial charge on any atom is -0.441 e. The van der Waals surface area contributed by atoms with E-state index in [1.54, 1.807) is 0 Å². The summed E-state index contributed by atoms with van der Waals surface area (Å²) in [6.45, 7) is 11.2. The lowest BCUT2D eigenvalue weighted by molar-refractivity contribution is 0.617. The van der Waals surface area contributed by atoms with Crippen LogP contribution >= 0.6 is 0 Å². The van der Waals surface area contributed by atoms with Gasteiger partial charge in [-0.3, -0.25) is 0 Å². The zero-order valence-corrected chi connectivity index (χ0v) is 10.0. The van der Waals surface area contributed by atoms with Crippen molar-refractivity contribution in [1.82, 2.24) is 0 Å². The highest BCUT2D eigenvalue weighted by molar-refractivity contribution is 7.22. The molecule has 3 heteroatoms. The fourth-order valence-corrected chi connectivity index (χ4v) is 7.09. The van der Waals surface area contributed by atoms with Crippen LogP contribution in [0.2, 0.25) is 18.1 Å². The molecule has 0 atom stereocenters. The van der Waals surface area contributed by atoms with Crippen LogP contribution in [0.25, 0.3) is 0 Å². The van der Waals surface area contributed by atoms with E-state index in [0.717, 1.165) is 18.1 Å². The van der Waals surface area contributed by atoms with Crippen molar-refractivity contribution < 1.29 is 4.80 Å². The maximum atomic E-state index is 9.43. The van der Waals surface area contributed by atoms with Crippen molar-refractivity contribution in [3.63, 3.8) is 0 Å². The van der Waals surface area contributed by atoms with Crippen LogP contribution in [-0.2, 0) is 0 Å². The fourth-order valence-electron chi connectivity index (χ4n) is 1.36. The first-order valence-corrected chi connectivity index (χ1v) is 9.76. The van der Waals surface area contributed by atoms with Crippen LogP contribution in [-0.4, -0.2) is 21.7 Å². The van der Waals surface area contributed by atoms with Crippen LogP contribution < -0.4 is 0 Å². The summed E-state index contributed by atoms with van der Waals surface area (Å²) in [7, 11) is -2.32. The number of hydrogen-bond acceptors (Lipinski definition) is 1. The molecule has 0 saturated carbocycles. The van der Waals surface area contributed by atoms with Gasteiger partial charge in [0.05, 0.1) is 7.59 Å². The lowest BCUT2D eigenvalue weighted by Crippen LogP contribution is -2.40. The van der Waals surface area contributed by atoms with Gasteiger partial charge in [-0.25, -0.2) is 0 Å². The molecule has 1 N–H and O–H groups in total. The maximum absolute atomic E-state index is 9.43. The summed E-state index contributed by atoms with van der Waals surface area (Å²) in [5.41, 5.74) is 0. The van der Waals surface area contributed by atoms with Gasteiger partial charge in [-0.2, -0.15) is 0 Å². The van der Waals surface area contributed by atoms with Gasteiger partial charge >= 0.3 is 0 Å². The molecule has 0 aliphatic heterocycles. The maximum Gasteiger partial charge on any atom is 0.147 e. The Labute approximate surface area is 78.3 Å². The number of allylic oxidation sites excluding steroid dienone is 3. The van der Waals surface area contributed by atoms with Gasteiger partial charge in [-0.15, -0.1) is 19.7 Å². The quantitative estimate of drug-likeness (QED) is 0.486. The highest BCUT2D eigenvalue weighted by atomic mass is 29.2. The molecule has 0 unspecified atom stereocenters. The molecule has 1 nitrogen and oxygen atoms in total. The number of rotatable bonds is 7. The Morgan fingerprint density at radius 2 is 1.33 bits per heavy atom. The number of hydrogen-bond donors (Lipinski definition) is 1. The lowest BCUT2D eigenvalue weighted by Gasteiger charge is -2.24. The molecule has 0 aromatic rings. The molecule has 0 aromatic carbocycles. The molecule has 0 radical (unpaired) electrons. The standard InChI is InChI=1S/C9H18OSi2/c1-4-7-12(11-10,8-5-2)9-6-3/h4-6,10H,1-3,7-9,11H2. The van der Waals surface area contributed by atoms with E-state index < -0.39 is 16.9 Å². The highest BCUT2D eigenvalue weighted by Gasteiger charge is 2.28. The average Bonchev–Trinajstić information content (AvgIpc) is 2.06. The zero-order chi connectivity index (χ0) is 9.45. The van der Waals surface area contributed by atoms with Crippen molar-refractivity contribution in [3.8, 4) is 0 Å². The van der Waals surface area contributed by atoms with Gasteiger partial charge in [-0.05, 0) is 18.1 Å². The van der Waals surface area contributed by atoms with Gasteiger partial charge < -0.3 is 4.80 Å². The van der Waals surface area contributed by atoms with E-state index in [0.29, 0.717) is 0 Å². The van der Waals surface area contributed by atoms with Gasteiger partial charge in [0, 0.05) is 0 Å². The SMILES string of the molecule is C=CC[Si](CC=C)(CC=C)[SiH2]O. The van der Waals surface area contributed by atoms with E-state index in [-0.39, 0.29) is 0 Å². The molecular weight excluding hydrogens is 180 g/mol. The van der Waals surface area contributed by atoms with Crippen LogP contribution in [0.15, 0.2) is 38.0 Å². The predicted molar refractivity (Wildman–Crippen MR) is 61.5 cm³/mol. The molecule has 12 heavy (non-hydrogen) atoms. The molecule has 0 heterocycles. The van der Waals surface area contributed by atoms with Gasteiger partial charge in [0.1, 0.15) is 9.28 Å². The Hall–Kier alpha value is -0.386. The van der Waals surface area contributed by atoms with Crippen LogP contribution in [0.3, 0.4) is 0 Å². The van der Waals surface area contributed by atoms with Gasteiger partial charge in [0.15, 0.2) is 0 Å². The predicted octanol–water partition coefficient (Wildman–Crippen LogP) is 1.57. The monoisotopic (exact) mass is 198 g/mol. The summed E-state index contributed by atoms with van der Waals surface area (Å²) >= 11 is 0. The van der Waals surface area contributed by atoms with Crippen LogP contribution in [0.1, 0.15) is 0 Å². The Morgan fingerprint density at radius 1 is 1.00 bits per heavy atom. The topological polar surface area (TPSA) is 20.2 Å². The molecular formula is C9H18OSi2. The zero-order valence-electron chi connectivity index (χ0n) is 7.63. The normalized spacial score (nSPS) is 11.8. The Balaban J connectivity index is 4.35. The van der Waals surface area contributed by atoms with E-state index in [1.807, 2.05) is 18.2 Å². The van der Waals surface area contributed by atoms with E-state index in [1.165, 1.54) is 0 Å². The van der Waals surface area contributed by atoms with Crippen molar-refractivity contribution in [1.29, 1.82) is 0 Å². The Bertz CT molecular complexity index is 139. The molecule has 0 aliphatic rings. The van der Waals surface area contributed by atoms with Crippen LogP contribution in [0, 0.1) is 0 Å². The first-order chi connectivity index (χ1) is 5.74. The van der Waals surface area contributed by atoms with Crippen molar-refractivity contribution in [2.45, 2.75) is 18.1 Å². The largest absolute Gasteiger partial charge is 0.441 e. The molecule has 0 spiro atoms. The molecule has 0 fully saturated rings. The second-order valence-electron chi connectivity index (χ2n) is 3.14. The molecule has 0 amide bonds. The third-order valence-corrected chi connectivity index (χ3v) is 10.8. The van der Waals surface area contributed by atoms with Crippen LogP contribution in [0.5, 0.6) is 0 Å². The minimum absolute atomic E-state index is 0.887. The Kier molecular flexibility index (Phi) is 5.97. The fraction of sp³-hybridized carbons (Fsp3) is 0.333. The first-order valence-electron chi connectivity index (χ1n) is 4.18. The summed E-state index contributed by atoms with van der Waals surface area (Å²) in [5.74, 6) is 0. The minimum atomic E-state index is -1.43. The van der Waals surface area contributed by atoms with E-state index in [4.69, 9.17) is 0 Å². The van der Waals surface area contributed by atoms with Gasteiger partial charge in [-0.1, -0.05) is 18.2 Å². The molecule has 0 bridgehead atoms. The second-order valence-corrected chi connectivity index (χ2v) is 13.1. The van der Waals surface area contributed by atoms with Gasteiger partial charge in [0.2, 0.25) is 0 Å². The first kappa shape index (κ1) is 11.6. The third-order valence-electron chi connectivity index (χ3n) is 2.07. The summed E-state index contributed by atoms with van der Waals surface area (Å²) in [5, 5.41) is 0. The molecule has 0 aromatic heterocycles. The van der Waals surface area contributed by atoms with Crippen molar-refractivity contribution in [2.75, 3.05) is 0 Å². The molecule has 68 valence electrons. The summed E-state index contributed by atoms with van der Waals surface area (Å²) in [6, 6.07) is 3.02. The smallest absolute Gasteiger partial charge is 0.147 e. The van der Waals surface area contributed by atoms with E-state index >= 15 is 0 Å². The molecule has 0 aliphatic carbocycles. The van der Waals surface area contributed by atoms with Crippen molar-refractivity contribution >= 4 is 16.9 Å². The second kappa shape index (κ2) is 6.17. The highest BCUT2D eigenvalue weighted by Crippen LogP contribution is 2.20. The summed E-state index contributed by atoms with van der Waals surface area (Å²) < 4.78 is 0. The van der Waals surface area contributed by atoms with Crippen molar-refractivity contribution in [3.05, 3.63) is 38.0 Å². The Morgan fingerprint density at radius 3 is 1.50 bits per heavy atom. The third kappa shape index (κ3) is 3.34. The van der Waals surface area contributed by atoms with E-state index in [9.17, 15) is 4.80 Å².